The Labute approximate surface area is 155 Å². The van der Waals surface area contributed by atoms with E-state index in [4.69, 9.17) is 4.74 Å². The normalized spacial score (nSPS) is 12.8. The van der Waals surface area contributed by atoms with Gasteiger partial charge in [0.05, 0.1) is 0 Å². The number of nitrogens with one attached hydrogen (secondary N) is 1. The number of benzene rings is 3. The molecule has 0 spiro atoms. The van der Waals surface area contributed by atoms with Gasteiger partial charge in [-0.3, -0.25) is 4.79 Å². The molecule has 3 nitrogen and oxygen atoms in total. The van der Waals surface area contributed by atoms with Crippen molar-refractivity contribution in [3.05, 3.63) is 70.2 Å². The van der Waals surface area contributed by atoms with Crippen LogP contribution in [0.15, 0.2) is 59.1 Å². The Kier molecular flexibility index (Phi) is 4.45. The van der Waals surface area contributed by atoms with E-state index in [0.717, 1.165) is 33.8 Å². The molecule has 3 aromatic carbocycles. The molecule has 4 heteroatoms. The standard InChI is InChI=1S/C21H18BrNO2/c22-18-7-4-17-12-20(9-6-16(17)10-18)25-13-21(24)23-19-8-5-14-2-1-3-15(14)11-19/h4-12H,1-3,13H2,(H,23,24). The third-order valence-electron chi connectivity index (χ3n) is 4.53. The zero-order valence-corrected chi connectivity index (χ0v) is 15.3. The number of rotatable bonds is 4. The summed E-state index contributed by atoms with van der Waals surface area (Å²) in [6.45, 7) is -0.000874. The van der Waals surface area contributed by atoms with E-state index in [1.807, 2.05) is 36.4 Å². The van der Waals surface area contributed by atoms with Crippen LogP contribution in [0.4, 0.5) is 5.69 Å². The van der Waals surface area contributed by atoms with Crippen LogP contribution >= 0.6 is 15.9 Å². The second-order valence-corrected chi connectivity index (χ2v) is 7.24. The van der Waals surface area contributed by atoms with Gasteiger partial charge in [0, 0.05) is 10.2 Å². The third-order valence-corrected chi connectivity index (χ3v) is 5.02. The molecule has 0 aromatic heterocycles. The molecule has 1 aliphatic rings. The number of anilines is 1. The Balaban J connectivity index is 1.39. The van der Waals surface area contributed by atoms with Crippen LogP contribution in [0.1, 0.15) is 17.5 Å². The summed E-state index contributed by atoms with van der Waals surface area (Å²) in [4.78, 5) is 12.2. The van der Waals surface area contributed by atoms with Crippen molar-refractivity contribution in [1.82, 2.24) is 0 Å². The Morgan fingerprint density at radius 1 is 0.960 bits per heavy atom. The quantitative estimate of drug-likeness (QED) is 0.666. The second-order valence-electron chi connectivity index (χ2n) is 6.33. The second kappa shape index (κ2) is 6.89. The molecule has 0 heterocycles. The topological polar surface area (TPSA) is 38.3 Å². The minimum atomic E-state index is -0.145. The van der Waals surface area contributed by atoms with Gasteiger partial charge in [-0.25, -0.2) is 0 Å². The average molecular weight is 396 g/mol. The fourth-order valence-corrected chi connectivity index (χ4v) is 3.66. The largest absolute Gasteiger partial charge is 0.484 e. The summed E-state index contributed by atoms with van der Waals surface area (Å²) in [5, 5.41) is 5.13. The molecule has 0 saturated carbocycles. The number of halogens is 1. The summed E-state index contributed by atoms with van der Waals surface area (Å²) < 4.78 is 6.69. The van der Waals surface area contributed by atoms with Crippen molar-refractivity contribution in [2.75, 3.05) is 11.9 Å². The van der Waals surface area contributed by atoms with Crippen LogP contribution in [0.3, 0.4) is 0 Å². The Morgan fingerprint density at radius 2 is 1.76 bits per heavy atom. The zero-order chi connectivity index (χ0) is 17.2. The summed E-state index contributed by atoms with van der Waals surface area (Å²) >= 11 is 3.47. The number of fused-ring (bicyclic) bond motifs is 2. The van der Waals surface area contributed by atoms with Gasteiger partial charge >= 0.3 is 0 Å². The van der Waals surface area contributed by atoms with E-state index in [2.05, 4.69) is 39.4 Å². The molecular weight excluding hydrogens is 378 g/mol. The van der Waals surface area contributed by atoms with Crippen molar-refractivity contribution >= 4 is 38.3 Å². The van der Waals surface area contributed by atoms with Crippen LogP contribution in [0.25, 0.3) is 10.8 Å². The number of carbonyl (C=O) groups excluding carboxylic acids is 1. The number of hydrogen-bond acceptors (Lipinski definition) is 2. The van der Waals surface area contributed by atoms with Crippen LogP contribution < -0.4 is 10.1 Å². The van der Waals surface area contributed by atoms with Crippen LogP contribution in [0.5, 0.6) is 5.75 Å². The monoisotopic (exact) mass is 395 g/mol. The Morgan fingerprint density at radius 3 is 2.68 bits per heavy atom. The van der Waals surface area contributed by atoms with Gasteiger partial charge in [0.1, 0.15) is 5.75 Å². The summed E-state index contributed by atoms with van der Waals surface area (Å²) in [5.41, 5.74) is 3.59. The first-order chi connectivity index (χ1) is 12.2. The molecule has 1 aliphatic carbocycles. The molecule has 0 unspecified atom stereocenters. The lowest BCUT2D eigenvalue weighted by Gasteiger charge is -2.10. The highest BCUT2D eigenvalue weighted by Gasteiger charge is 2.12. The lowest BCUT2D eigenvalue weighted by Crippen LogP contribution is -2.20. The lowest BCUT2D eigenvalue weighted by molar-refractivity contribution is -0.118. The van der Waals surface area contributed by atoms with Gasteiger partial charge in [0.25, 0.3) is 5.91 Å². The highest BCUT2D eigenvalue weighted by Crippen LogP contribution is 2.26. The minimum Gasteiger partial charge on any atom is -0.484 e. The third kappa shape index (κ3) is 3.69. The fraction of sp³-hybridized carbons (Fsp3) is 0.190. The maximum atomic E-state index is 12.2. The minimum absolute atomic E-state index is 0.000874. The molecule has 3 aromatic rings. The van der Waals surface area contributed by atoms with Gasteiger partial charge in [-0.2, -0.15) is 0 Å². The van der Waals surface area contributed by atoms with Crippen LogP contribution in [-0.4, -0.2) is 12.5 Å². The summed E-state index contributed by atoms with van der Waals surface area (Å²) in [5.74, 6) is 0.549. The van der Waals surface area contributed by atoms with Crippen molar-refractivity contribution in [2.24, 2.45) is 0 Å². The number of carbonyl (C=O) groups is 1. The van der Waals surface area contributed by atoms with E-state index in [1.54, 1.807) is 0 Å². The molecular formula is C21H18BrNO2. The molecule has 126 valence electrons. The highest BCUT2D eigenvalue weighted by molar-refractivity contribution is 9.10. The van der Waals surface area contributed by atoms with Gasteiger partial charge in [0.15, 0.2) is 6.61 Å². The SMILES string of the molecule is O=C(COc1ccc2cc(Br)ccc2c1)Nc1ccc2c(c1)CCC2. The molecule has 0 aliphatic heterocycles. The van der Waals surface area contributed by atoms with E-state index in [9.17, 15) is 4.79 Å². The smallest absolute Gasteiger partial charge is 0.262 e. The van der Waals surface area contributed by atoms with E-state index in [-0.39, 0.29) is 12.5 Å². The molecule has 0 saturated heterocycles. The van der Waals surface area contributed by atoms with E-state index >= 15 is 0 Å². The van der Waals surface area contributed by atoms with Gasteiger partial charge in [-0.05, 0) is 77.6 Å². The van der Waals surface area contributed by atoms with Crippen LogP contribution in [0, 0.1) is 0 Å². The van der Waals surface area contributed by atoms with Crippen LogP contribution in [-0.2, 0) is 17.6 Å². The van der Waals surface area contributed by atoms with Crippen molar-refractivity contribution in [3.63, 3.8) is 0 Å². The lowest BCUT2D eigenvalue weighted by atomic mass is 10.1. The molecule has 0 fully saturated rings. The molecule has 0 radical (unpaired) electrons. The van der Waals surface area contributed by atoms with Crippen LogP contribution in [0.2, 0.25) is 0 Å². The number of aryl methyl sites for hydroxylation is 2. The zero-order valence-electron chi connectivity index (χ0n) is 13.7. The van der Waals surface area contributed by atoms with Crippen molar-refractivity contribution in [1.29, 1.82) is 0 Å². The summed E-state index contributed by atoms with van der Waals surface area (Å²) in [6.07, 6.45) is 3.45. The molecule has 1 N–H and O–H groups in total. The van der Waals surface area contributed by atoms with Crippen molar-refractivity contribution in [2.45, 2.75) is 19.3 Å². The summed E-state index contributed by atoms with van der Waals surface area (Å²) in [7, 11) is 0. The first-order valence-electron chi connectivity index (χ1n) is 8.41. The van der Waals surface area contributed by atoms with Crippen molar-refractivity contribution < 1.29 is 9.53 Å². The number of hydrogen-bond donors (Lipinski definition) is 1. The summed E-state index contributed by atoms with van der Waals surface area (Å²) in [6, 6.07) is 18.1. The van der Waals surface area contributed by atoms with Gasteiger partial charge < -0.3 is 10.1 Å². The molecule has 0 atom stereocenters. The highest BCUT2D eigenvalue weighted by atomic mass is 79.9. The Bertz CT molecular complexity index is 952. The fourth-order valence-electron chi connectivity index (χ4n) is 3.28. The van der Waals surface area contributed by atoms with E-state index in [0.29, 0.717) is 5.75 Å². The average Bonchev–Trinajstić information content (AvgIpc) is 3.07. The van der Waals surface area contributed by atoms with Gasteiger partial charge in [0.2, 0.25) is 0 Å². The first kappa shape index (κ1) is 16.2. The molecule has 25 heavy (non-hydrogen) atoms. The predicted octanol–water partition coefficient (Wildman–Crippen LogP) is 5.11. The number of amides is 1. The maximum absolute atomic E-state index is 12.2. The van der Waals surface area contributed by atoms with Crippen molar-refractivity contribution in [3.8, 4) is 5.75 Å². The Hall–Kier alpha value is -2.33. The molecule has 4 rings (SSSR count). The van der Waals surface area contributed by atoms with Gasteiger partial charge in [-0.1, -0.05) is 34.1 Å². The maximum Gasteiger partial charge on any atom is 0.262 e. The number of ether oxygens (including phenoxy) is 1. The first-order valence-corrected chi connectivity index (χ1v) is 9.20. The molecule has 0 bridgehead atoms. The predicted molar refractivity (Wildman–Crippen MR) is 104 cm³/mol. The van der Waals surface area contributed by atoms with Gasteiger partial charge in [-0.15, -0.1) is 0 Å². The van der Waals surface area contributed by atoms with E-state index < -0.39 is 0 Å². The molecule has 1 amide bonds. The van der Waals surface area contributed by atoms with E-state index in [1.165, 1.54) is 17.5 Å².